The molecule has 3 aromatic carbocycles. The molecule has 1 aliphatic rings. The summed E-state index contributed by atoms with van der Waals surface area (Å²) in [6, 6.07) is 23.3. The number of anilines is 2. The van der Waals surface area contributed by atoms with Crippen LogP contribution in [0.5, 0.6) is 0 Å². The summed E-state index contributed by atoms with van der Waals surface area (Å²) < 4.78 is 0. The maximum atomic E-state index is 13.0. The quantitative estimate of drug-likeness (QED) is 0.382. The molecule has 194 valence electrons. The van der Waals surface area contributed by atoms with Crippen molar-refractivity contribution in [2.75, 3.05) is 23.3 Å². The molecule has 3 N–H and O–H groups in total. The average molecular weight is 519 g/mol. The molecule has 0 saturated heterocycles. The van der Waals surface area contributed by atoms with Gasteiger partial charge in [-0.2, -0.15) is 0 Å². The minimum Gasteiger partial charge on any atom is -0.360 e. The van der Waals surface area contributed by atoms with E-state index in [9.17, 15) is 9.59 Å². The van der Waals surface area contributed by atoms with Crippen molar-refractivity contribution < 1.29 is 9.59 Å². The van der Waals surface area contributed by atoms with Crippen LogP contribution in [0, 0.1) is 6.92 Å². The van der Waals surface area contributed by atoms with Gasteiger partial charge in [0.1, 0.15) is 0 Å². The normalized spacial score (nSPS) is 17.4. The monoisotopic (exact) mass is 518 g/mol. The molecule has 7 heteroatoms. The Balaban J connectivity index is 1.66. The third kappa shape index (κ3) is 7.26. The van der Waals surface area contributed by atoms with Crippen molar-refractivity contribution in [2.24, 2.45) is 0 Å². The van der Waals surface area contributed by atoms with E-state index in [2.05, 4.69) is 58.1 Å². The standard InChI is InChI=1S/C30H35ClN4O2/c1-20-13-14-25-26(21-9-6-5-7-10-21)17-24(33-29(37)32-23-12-8-11-22(31)16-23)18-35(27(25)15-20)19-28(36)34-30(2,3)4/h5-16,24,26H,17-19H2,1-4H3,(H,34,36)(H2,32,33,37)/t24-,26-/m1/s1. The maximum absolute atomic E-state index is 13.0. The van der Waals surface area contributed by atoms with Crippen LogP contribution in [0.2, 0.25) is 5.02 Å². The Kier molecular flexibility index (Phi) is 8.08. The highest BCUT2D eigenvalue weighted by atomic mass is 35.5. The molecule has 0 saturated carbocycles. The highest BCUT2D eigenvalue weighted by molar-refractivity contribution is 6.30. The number of halogens is 1. The molecule has 37 heavy (non-hydrogen) atoms. The fourth-order valence-electron chi connectivity index (χ4n) is 4.88. The maximum Gasteiger partial charge on any atom is 0.319 e. The molecule has 6 nitrogen and oxygen atoms in total. The Morgan fingerprint density at radius 1 is 1.00 bits per heavy atom. The Bertz CT molecular complexity index is 1260. The van der Waals surface area contributed by atoms with Crippen LogP contribution in [0.15, 0.2) is 72.8 Å². The van der Waals surface area contributed by atoms with Crippen LogP contribution in [0.4, 0.5) is 16.2 Å². The van der Waals surface area contributed by atoms with Gasteiger partial charge >= 0.3 is 6.03 Å². The number of nitrogens with one attached hydrogen (secondary N) is 3. The van der Waals surface area contributed by atoms with Gasteiger partial charge in [-0.05, 0) is 75.1 Å². The molecule has 0 spiro atoms. The second-order valence-corrected chi connectivity index (χ2v) is 11.2. The lowest BCUT2D eigenvalue weighted by Crippen LogP contribution is -2.50. The number of carbonyl (C=O) groups is 2. The molecule has 1 heterocycles. The lowest BCUT2D eigenvalue weighted by atomic mass is 9.86. The van der Waals surface area contributed by atoms with E-state index in [0.717, 1.165) is 16.8 Å². The van der Waals surface area contributed by atoms with Gasteiger partial charge in [-0.25, -0.2) is 4.79 Å². The average Bonchev–Trinajstić information content (AvgIpc) is 2.95. The number of urea groups is 1. The fraction of sp³-hybridized carbons (Fsp3) is 0.333. The third-order valence-electron chi connectivity index (χ3n) is 6.33. The number of carbonyl (C=O) groups excluding carboxylic acids is 2. The van der Waals surface area contributed by atoms with Crippen LogP contribution >= 0.6 is 11.6 Å². The molecule has 2 atom stereocenters. The molecule has 0 bridgehead atoms. The molecule has 4 rings (SSSR count). The highest BCUT2D eigenvalue weighted by Gasteiger charge is 2.32. The van der Waals surface area contributed by atoms with E-state index in [0.29, 0.717) is 23.7 Å². The number of fused-ring (bicyclic) bond motifs is 1. The lowest BCUT2D eigenvalue weighted by Gasteiger charge is -2.30. The molecule has 1 aliphatic heterocycles. The van der Waals surface area contributed by atoms with Gasteiger partial charge in [0, 0.05) is 40.4 Å². The second kappa shape index (κ2) is 11.3. The van der Waals surface area contributed by atoms with Crippen LogP contribution < -0.4 is 20.9 Å². The van der Waals surface area contributed by atoms with Crippen molar-refractivity contribution in [3.8, 4) is 0 Å². The molecule has 3 amide bonds. The number of rotatable bonds is 5. The first-order chi connectivity index (χ1) is 17.6. The van der Waals surface area contributed by atoms with Crippen LogP contribution in [0.25, 0.3) is 0 Å². The second-order valence-electron chi connectivity index (χ2n) is 10.7. The first-order valence-electron chi connectivity index (χ1n) is 12.6. The zero-order chi connectivity index (χ0) is 26.6. The molecule has 0 radical (unpaired) electrons. The minimum atomic E-state index is -0.334. The summed E-state index contributed by atoms with van der Waals surface area (Å²) in [7, 11) is 0. The predicted molar refractivity (Wildman–Crippen MR) is 152 cm³/mol. The van der Waals surface area contributed by atoms with Gasteiger partial charge in [-0.15, -0.1) is 0 Å². The summed E-state index contributed by atoms with van der Waals surface area (Å²) in [5.74, 6) is 0.00388. The Hall–Kier alpha value is -3.51. The first kappa shape index (κ1) is 26.6. The number of hydrogen-bond acceptors (Lipinski definition) is 3. The minimum absolute atomic E-state index is 0.0553. The number of hydrogen-bond donors (Lipinski definition) is 3. The van der Waals surface area contributed by atoms with Gasteiger partial charge in [-0.1, -0.05) is 60.1 Å². The van der Waals surface area contributed by atoms with Crippen LogP contribution in [0.1, 0.15) is 49.8 Å². The van der Waals surface area contributed by atoms with Crippen LogP contribution in [-0.4, -0.2) is 36.6 Å². The molecular weight excluding hydrogens is 484 g/mol. The Morgan fingerprint density at radius 2 is 1.76 bits per heavy atom. The van der Waals surface area contributed by atoms with E-state index in [1.165, 1.54) is 5.56 Å². The Labute approximate surface area is 224 Å². The topological polar surface area (TPSA) is 73.5 Å². The molecule has 0 aromatic heterocycles. The Morgan fingerprint density at radius 3 is 2.46 bits per heavy atom. The van der Waals surface area contributed by atoms with Crippen LogP contribution in [-0.2, 0) is 4.79 Å². The number of aryl methyl sites for hydroxylation is 1. The zero-order valence-electron chi connectivity index (χ0n) is 21.8. The van der Waals surface area contributed by atoms with Crippen molar-refractivity contribution in [3.63, 3.8) is 0 Å². The van der Waals surface area contributed by atoms with Gasteiger partial charge < -0.3 is 20.9 Å². The van der Waals surface area contributed by atoms with E-state index in [1.54, 1.807) is 24.3 Å². The van der Waals surface area contributed by atoms with E-state index in [-0.39, 0.29) is 36.0 Å². The molecule has 3 aromatic rings. The van der Waals surface area contributed by atoms with Crippen molar-refractivity contribution in [1.29, 1.82) is 0 Å². The molecular formula is C30H35ClN4O2. The van der Waals surface area contributed by atoms with E-state index >= 15 is 0 Å². The van der Waals surface area contributed by atoms with Gasteiger partial charge in [0.05, 0.1) is 6.54 Å². The van der Waals surface area contributed by atoms with Gasteiger partial charge in [0.25, 0.3) is 0 Å². The van der Waals surface area contributed by atoms with Gasteiger partial charge in [0.15, 0.2) is 0 Å². The van der Waals surface area contributed by atoms with E-state index < -0.39 is 0 Å². The van der Waals surface area contributed by atoms with Crippen molar-refractivity contribution >= 4 is 34.9 Å². The van der Waals surface area contributed by atoms with Crippen molar-refractivity contribution in [3.05, 3.63) is 94.5 Å². The molecule has 0 fully saturated rings. The van der Waals surface area contributed by atoms with Crippen LogP contribution in [0.3, 0.4) is 0 Å². The smallest absolute Gasteiger partial charge is 0.319 e. The summed E-state index contributed by atoms with van der Waals surface area (Å²) in [4.78, 5) is 28.1. The predicted octanol–water partition coefficient (Wildman–Crippen LogP) is 6.10. The SMILES string of the molecule is Cc1ccc2c(c1)N(CC(=O)NC(C)(C)C)C[C@H](NC(=O)Nc1cccc(Cl)c1)C[C@@H]2c1ccccc1. The largest absolute Gasteiger partial charge is 0.360 e. The number of benzene rings is 3. The summed E-state index contributed by atoms with van der Waals surface area (Å²) in [5.41, 5.74) is 4.77. The first-order valence-corrected chi connectivity index (χ1v) is 13.0. The third-order valence-corrected chi connectivity index (χ3v) is 6.57. The zero-order valence-corrected chi connectivity index (χ0v) is 22.6. The van der Waals surface area contributed by atoms with Crippen molar-refractivity contribution in [1.82, 2.24) is 10.6 Å². The van der Waals surface area contributed by atoms with Gasteiger partial charge in [-0.3, -0.25) is 4.79 Å². The van der Waals surface area contributed by atoms with Gasteiger partial charge in [0.2, 0.25) is 5.91 Å². The lowest BCUT2D eigenvalue weighted by molar-refractivity contribution is -0.121. The van der Waals surface area contributed by atoms with E-state index in [4.69, 9.17) is 11.6 Å². The number of amides is 3. The fourth-order valence-corrected chi connectivity index (χ4v) is 5.07. The highest BCUT2D eigenvalue weighted by Crippen LogP contribution is 2.39. The summed E-state index contributed by atoms with van der Waals surface area (Å²) in [5, 5.41) is 9.68. The molecule has 0 aliphatic carbocycles. The van der Waals surface area contributed by atoms with Crippen molar-refractivity contribution in [2.45, 2.75) is 51.6 Å². The van der Waals surface area contributed by atoms with E-state index in [1.807, 2.05) is 39.0 Å². The summed E-state index contributed by atoms with van der Waals surface area (Å²) in [6.07, 6.45) is 0.695. The summed E-state index contributed by atoms with van der Waals surface area (Å²) in [6.45, 7) is 8.68. The molecule has 0 unspecified atom stereocenters. The number of nitrogens with zero attached hydrogens (tertiary/aromatic N) is 1. The summed E-state index contributed by atoms with van der Waals surface area (Å²) >= 11 is 6.09.